The lowest BCUT2D eigenvalue weighted by Gasteiger charge is -2.30. The predicted molar refractivity (Wildman–Crippen MR) is 74.0 cm³/mol. The van der Waals surface area contributed by atoms with Gasteiger partial charge in [-0.25, -0.2) is 9.18 Å². The average molecular weight is 281 g/mol. The lowest BCUT2D eigenvalue weighted by atomic mass is 9.91. The molecule has 0 bridgehead atoms. The Bertz CT molecular complexity index is 446. The summed E-state index contributed by atoms with van der Waals surface area (Å²) in [5, 5.41) is 3.10. The van der Waals surface area contributed by atoms with Crippen molar-refractivity contribution < 1.29 is 18.7 Å². The van der Waals surface area contributed by atoms with Crippen LogP contribution in [0.25, 0.3) is 0 Å². The normalized spacial score (nSPS) is 17.5. The Kier molecular flexibility index (Phi) is 5.35. The molecule has 0 radical (unpaired) electrons. The van der Waals surface area contributed by atoms with Crippen molar-refractivity contribution in [3.63, 3.8) is 0 Å². The van der Waals surface area contributed by atoms with E-state index in [4.69, 9.17) is 9.47 Å². The van der Waals surface area contributed by atoms with Gasteiger partial charge in [-0.3, -0.25) is 0 Å². The van der Waals surface area contributed by atoms with Crippen LogP contribution in [0.3, 0.4) is 0 Å². The maximum atomic E-state index is 13.2. The Labute approximate surface area is 118 Å². The highest BCUT2D eigenvalue weighted by molar-refractivity contribution is 5.79. The average Bonchev–Trinajstić information content (AvgIpc) is 2.46. The molecule has 1 unspecified atom stereocenters. The Balaban J connectivity index is 2.10. The van der Waals surface area contributed by atoms with Crippen molar-refractivity contribution in [2.75, 3.05) is 25.1 Å². The summed E-state index contributed by atoms with van der Waals surface area (Å²) in [6.45, 7) is 3.40. The lowest BCUT2D eigenvalue weighted by molar-refractivity contribution is -0.146. The molecule has 1 saturated heterocycles. The molecular formula is C15H20FNO3. The maximum absolute atomic E-state index is 13.2. The fourth-order valence-electron chi connectivity index (χ4n) is 2.41. The topological polar surface area (TPSA) is 47.6 Å². The van der Waals surface area contributed by atoms with Crippen LogP contribution in [-0.4, -0.2) is 31.8 Å². The number of esters is 1. The molecule has 1 aromatic rings. The van der Waals surface area contributed by atoms with Gasteiger partial charge in [-0.2, -0.15) is 0 Å². The molecule has 2 rings (SSSR count). The van der Waals surface area contributed by atoms with Crippen LogP contribution in [0, 0.1) is 11.7 Å². The summed E-state index contributed by atoms with van der Waals surface area (Å²) in [7, 11) is 0. The summed E-state index contributed by atoms with van der Waals surface area (Å²) < 4.78 is 23.7. The van der Waals surface area contributed by atoms with Crippen molar-refractivity contribution in [2.45, 2.75) is 25.8 Å². The van der Waals surface area contributed by atoms with E-state index in [1.165, 1.54) is 12.1 Å². The summed E-state index contributed by atoms with van der Waals surface area (Å²) in [6.07, 6.45) is 1.59. The SMILES string of the molecule is CCOC(=O)C(Nc1cccc(F)c1)C1CCOCC1. The van der Waals surface area contributed by atoms with Gasteiger partial charge in [0.15, 0.2) is 0 Å². The van der Waals surface area contributed by atoms with Crippen LogP contribution in [-0.2, 0) is 14.3 Å². The second-order valence-electron chi connectivity index (χ2n) is 4.83. The van der Waals surface area contributed by atoms with Gasteiger partial charge in [-0.1, -0.05) is 6.07 Å². The van der Waals surface area contributed by atoms with Crippen molar-refractivity contribution in [1.29, 1.82) is 0 Å². The zero-order valence-electron chi connectivity index (χ0n) is 11.6. The zero-order valence-corrected chi connectivity index (χ0v) is 11.6. The van der Waals surface area contributed by atoms with Gasteiger partial charge in [0.05, 0.1) is 6.61 Å². The number of benzene rings is 1. The summed E-state index contributed by atoms with van der Waals surface area (Å²) in [6, 6.07) is 5.66. The smallest absolute Gasteiger partial charge is 0.328 e. The third kappa shape index (κ3) is 3.93. The number of hydrogen-bond donors (Lipinski definition) is 1. The van der Waals surface area contributed by atoms with Crippen LogP contribution < -0.4 is 5.32 Å². The van der Waals surface area contributed by atoms with E-state index >= 15 is 0 Å². The van der Waals surface area contributed by atoms with E-state index in [2.05, 4.69) is 5.32 Å². The first-order valence-corrected chi connectivity index (χ1v) is 6.97. The number of ether oxygens (including phenoxy) is 2. The quantitative estimate of drug-likeness (QED) is 0.843. The van der Waals surface area contributed by atoms with Gasteiger partial charge >= 0.3 is 5.97 Å². The van der Waals surface area contributed by atoms with Crippen molar-refractivity contribution in [2.24, 2.45) is 5.92 Å². The Morgan fingerprint density at radius 3 is 2.90 bits per heavy atom. The van der Waals surface area contributed by atoms with Crippen LogP contribution in [0.5, 0.6) is 0 Å². The van der Waals surface area contributed by atoms with E-state index in [1.54, 1.807) is 19.1 Å². The number of carbonyl (C=O) groups is 1. The predicted octanol–water partition coefficient (Wildman–Crippen LogP) is 2.60. The zero-order chi connectivity index (χ0) is 14.4. The highest BCUT2D eigenvalue weighted by Gasteiger charge is 2.31. The van der Waals surface area contributed by atoms with Gasteiger partial charge in [-0.15, -0.1) is 0 Å². The van der Waals surface area contributed by atoms with Crippen molar-refractivity contribution in [1.82, 2.24) is 0 Å². The molecule has 4 nitrogen and oxygen atoms in total. The molecule has 1 heterocycles. The molecule has 0 amide bonds. The van der Waals surface area contributed by atoms with E-state index in [0.29, 0.717) is 25.5 Å². The first kappa shape index (κ1) is 14.8. The van der Waals surface area contributed by atoms with Crippen LogP contribution in [0.1, 0.15) is 19.8 Å². The molecule has 1 fully saturated rings. The molecule has 20 heavy (non-hydrogen) atoms. The van der Waals surface area contributed by atoms with E-state index < -0.39 is 6.04 Å². The number of hydrogen-bond acceptors (Lipinski definition) is 4. The van der Waals surface area contributed by atoms with Crippen molar-refractivity contribution in [3.8, 4) is 0 Å². The molecular weight excluding hydrogens is 261 g/mol. The van der Waals surface area contributed by atoms with E-state index in [-0.39, 0.29) is 17.7 Å². The largest absolute Gasteiger partial charge is 0.464 e. The third-order valence-electron chi connectivity index (χ3n) is 3.42. The first-order chi connectivity index (χ1) is 9.70. The molecule has 1 N–H and O–H groups in total. The lowest BCUT2D eigenvalue weighted by Crippen LogP contribution is -2.41. The van der Waals surface area contributed by atoms with Crippen LogP contribution >= 0.6 is 0 Å². The summed E-state index contributed by atoms with van der Waals surface area (Å²) in [5.74, 6) is -0.473. The third-order valence-corrected chi connectivity index (χ3v) is 3.42. The summed E-state index contributed by atoms with van der Waals surface area (Å²) in [5.41, 5.74) is 0.592. The molecule has 1 aliphatic rings. The molecule has 0 saturated carbocycles. The van der Waals surface area contributed by atoms with Crippen LogP contribution in [0.15, 0.2) is 24.3 Å². The Hall–Kier alpha value is -1.62. The van der Waals surface area contributed by atoms with Crippen molar-refractivity contribution in [3.05, 3.63) is 30.1 Å². The first-order valence-electron chi connectivity index (χ1n) is 6.97. The van der Waals surface area contributed by atoms with Gasteiger partial charge in [0.25, 0.3) is 0 Å². The number of rotatable bonds is 5. The molecule has 1 aromatic carbocycles. The van der Waals surface area contributed by atoms with Crippen LogP contribution in [0.4, 0.5) is 10.1 Å². The second kappa shape index (κ2) is 7.24. The number of carbonyl (C=O) groups excluding carboxylic acids is 1. The molecule has 0 aliphatic carbocycles. The van der Waals surface area contributed by atoms with Gasteiger partial charge in [-0.05, 0) is 43.9 Å². The fraction of sp³-hybridized carbons (Fsp3) is 0.533. The summed E-state index contributed by atoms with van der Waals surface area (Å²) >= 11 is 0. The minimum atomic E-state index is -0.458. The van der Waals surface area contributed by atoms with E-state index in [0.717, 1.165) is 12.8 Å². The monoisotopic (exact) mass is 281 g/mol. The van der Waals surface area contributed by atoms with Gasteiger partial charge in [0, 0.05) is 18.9 Å². The molecule has 0 aromatic heterocycles. The fourth-order valence-corrected chi connectivity index (χ4v) is 2.41. The maximum Gasteiger partial charge on any atom is 0.328 e. The summed E-state index contributed by atoms with van der Waals surface area (Å²) in [4.78, 5) is 12.1. The van der Waals surface area contributed by atoms with Gasteiger partial charge < -0.3 is 14.8 Å². The number of anilines is 1. The highest BCUT2D eigenvalue weighted by Crippen LogP contribution is 2.23. The highest BCUT2D eigenvalue weighted by atomic mass is 19.1. The molecule has 1 atom stereocenters. The molecule has 5 heteroatoms. The number of nitrogens with one attached hydrogen (secondary N) is 1. The van der Waals surface area contributed by atoms with Crippen molar-refractivity contribution >= 4 is 11.7 Å². The van der Waals surface area contributed by atoms with E-state index in [9.17, 15) is 9.18 Å². The van der Waals surface area contributed by atoms with Crippen LogP contribution in [0.2, 0.25) is 0 Å². The minimum absolute atomic E-state index is 0.145. The minimum Gasteiger partial charge on any atom is -0.464 e. The number of halogens is 1. The molecule has 1 aliphatic heterocycles. The van der Waals surface area contributed by atoms with Gasteiger partial charge in [0.2, 0.25) is 0 Å². The standard InChI is InChI=1S/C15H20FNO3/c1-2-20-15(18)14(11-6-8-19-9-7-11)17-13-5-3-4-12(16)10-13/h3-5,10-11,14,17H,2,6-9H2,1H3. The molecule has 0 spiro atoms. The Morgan fingerprint density at radius 1 is 1.50 bits per heavy atom. The van der Waals surface area contributed by atoms with E-state index in [1.807, 2.05) is 0 Å². The Morgan fingerprint density at radius 2 is 2.25 bits per heavy atom. The molecule has 110 valence electrons. The van der Waals surface area contributed by atoms with Gasteiger partial charge in [0.1, 0.15) is 11.9 Å². The second-order valence-corrected chi connectivity index (χ2v) is 4.83.